The van der Waals surface area contributed by atoms with Crippen molar-refractivity contribution in [3.8, 4) is 0 Å². The van der Waals surface area contributed by atoms with E-state index in [0.717, 1.165) is 31.9 Å². The highest BCUT2D eigenvalue weighted by Crippen LogP contribution is 1.98. The predicted octanol–water partition coefficient (Wildman–Crippen LogP) is 1.65. The fourth-order valence-corrected chi connectivity index (χ4v) is 1.43. The van der Waals surface area contributed by atoms with E-state index in [1.807, 2.05) is 0 Å². The first kappa shape index (κ1) is 14.2. The molecule has 0 radical (unpaired) electrons. The Hall–Kier alpha value is 0.170. The van der Waals surface area contributed by atoms with Gasteiger partial charge in [-0.25, -0.2) is 0 Å². The van der Waals surface area contributed by atoms with Crippen molar-refractivity contribution in [2.75, 3.05) is 39.4 Å². The lowest BCUT2D eigenvalue weighted by Crippen LogP contribution is -2.32. The number of hydrogen-bond donors (Lipinski definition) is 1. The van der Waals surface area contributed by atoms with Gasteiger partial charge in [0.25, 0.3) is 0 Å². The van der Waals surface area contributed by atoms with Crippen LogP contribution in [-0.2, 0) is 9.47 Å². The quantitative estimate of drug-likeness (QED) is 0.451. The number of alkyl halides is 1. The minimum atomic E-state index is 0.526. The lowest BCUT2D eigenvalue weighted by atomic mass is 10.2. The fraction of sp³-hybridized carbons (Fsp3) is 1.00. The minimum absolute atomic E-state index is 0.526. The average Bonchev–Trinajstić information content (AvgIpc) is 2.21. The highest BCUT2D eigenvalue weighted by molar-refractivity contribution is 6.17. The zero-order valence-corrected chi connectivity index (χ0v) is 9.98. The largest absolute Gasteiger partial charge is 0.382 e. The highest BCUT2D eigenvalue weighted by atomic mass is 35.5. The lowest BCUT2D eigenvalue weighted by molar-refractivity contribution is 0.0709. The van der Waals surface area contributed by atoms with Crippen molar-refractivity contribution in [1.29, 1.82) is 0 Å². The van der Waals surface area contributed by atoms with Gasteiger partial charge in [0.15, 0.2) is 0 Å². The molecule has 0 rings (SSSR count). The molecule has 0 aromatic carbocycles. The second kappa shape index (κ2) is 11.2. The SMILES string of the molecule is CCC(CCCl)NCCOCCOC. The van der Waals surface area contributed by atoms with Crippen LogP contribution in [0.4, 0.5) is 0 Å². The summed E-state index contributed by atoms with van der Waals surface area (Å²) in [6, 6.07) is 0.526. The maximum atomic E-state index is 5.67. The lowest BCUT2D eigenvalue weighted by Gasteiger charge is -2.15. The Balaban J connectivity index is 3.15. The molecule has 0 saturated carbocycles. The maximum Gasteiger partial charge on any atom is 0.0700 e. The monoisotopic (exact) mass is 223 g/mol. The van der Waals surface area contributed by atoms with E-state index in [-0.39, 0.29) is 0 Å². The van der Waals surface area contributed by atoms with Gasteiger partial charge in [-0.2, -0.15) is 0 Å². The van der Waals surface area contributed by atoms with E-state index in [0.29, 0.717) is 19.3 Å². The summed E-state index contributed by atoms with van der Waals surface area (Å²) in [6.07, 6.45) is 2.14. The Morgan fingerprint density at radius 1 is 1.29 bits per heavy atom. The Kier molecular flexibility index (Phi) is 11.4. The van der Waals surface area contributed by atoms with E-state index in [2.05, 4.69) is 12.2 Å². The summed E-state index contributed by atoms with van der Waals surface area (Å²) in [4.78, 5) is 0. The summed E-state index contributed by atoms with van der Waals surface area (Å²) in [7, 11) is 1.68. The van der Waals surface area contributed by atoms with Gasteiger partial charge in [-0.15, -0.1) is 11.6 Å². The van der Waals surface area contributed by atoms with Gasteiger partial charge in [0.2, 0.25) is 0 Å². The van der Waals surface area contributed by atoms with Crippen LogP contribution in [0.25, 0.3) is 0 Å². The van der Waals surface area contributed by atoms with Gasteiger partial charge in [0.1, 0.15) is 0 Å². The summed E-state index contributed by atoms with van der Waals surface area (Å²) in [6.45, 7) is 5.13. The highest BCUT2D eigenvalue weighted by Gasteiger charge is 2.02. The third kappa shape index (κ3) is 8.75. The Morgan fingerprint density at radius 2 is 2.07 bits per heavy atom. The number of rotatable bonds is 10. The second-order valence-corrected chi connectivity index (χ2v) is 3.52. The number of halogens is 1. The molecule has 3 nitrogen and oxygen atoms in total. The molecule has 0 heterocycles. The molecule has 0 aromatic heterocycles. The summed E-state index contributed by atoms with van der Waals surface area (Å²) in [5, 5.41) is 3.40. The van der Waals surface area contributed by atoms with Crippen LogP contribution in [0.2, 0.25) is 0 Å². The molecule has 0 amide bonds. The van der Waals surface area contributed by atoms with Crippen LogP contribution in [0, 0.1) is 0 Å². The normalized spacial score (nSPS) is 13.1. The smallest absolute Gasteiger partial charge is 0.0700 e. The van der Waals surface area contributed by atoms with Crippen LogP contribution in [0.15, 0.2) is 0 Å². The molecule has 4 heteroatoms. The van der Waals surface area contributed by atoms with E-state index in [1.54, 1.807) is 7.11 Å². The standard InChI is InChI=1S/C10H22ClNO2/c1-3-10(4-5-11)12-6-7-14-9-8-13-2/h10,12H,3-9H2,1-2H3. The fourth-order valence-electron chi connectivity index (χ4n) is 1.16. The topological polar surface area (TPSA) is 30.5 Å². The summed E-state index contributed by atoms with van der Waals surface area (Å²) >= 11 is 5.67. The van der Waals surface area contributed by atoms with Crippen molar-refractivity contribution in [3.05, 3.63) is 0 Å². The number of nitrogens with one attached hydrogen (secondary N) is 1. The molecule has 0 aliphatic rings. The van der Waals surface area contributed by atoms with E-state index < -0.39 is 0 Å². The van der Waals surface area contributed by atoms with Gasteiger partial charge in [0, 0.05) is 25.6 Å². The average molecular weight is 224 g/mol. The number of hydrogen-bond acceptors (Lipinski definition) is 3. The molecule has 0 aliphatic heterocycles. The van der Waals surface area contributed by atoms with Crippen LogP contribution in [0.5, 0.6) is 0 Å². The van der Waals surface area contributed by atoms with Crippen LogP contribution in [0.1, 0.15) is 19.8 Å². The van der Waals surface area contributed by atoms with Gasteiger partial charge >= 0.3 is 0 Å². The molecule has 1 unspecified atom stereocenters. The van der Waals surface area contributed by atoms with Gasteiger partial charge < -0.3 is 14.8 Å². The van der Waals surface area contributed by atoms with Gasteiger partial charge in [0.05, 0.1) is 19.8 Å². The van der Waals surface area contributed by atoms with Gasteiger partial charge in [-0.3, -0.25) is 0 Å². The molecule has 0 bridgehead atoms. The molecular formula is C10H22ClNO2. The molecule has 0 spiro atoms. The van der Waals surface area contributed by atoms with Crippen molar-refractivity contribution >= 4 is 11.6 Å². The summed E-state index contributed by atoms with van der Waals surface area (Å²) in [5.41, 5.74) is 0. The maximum absolute atomic E-state index is 5.67. The molecule has 0 aliphatic carbocycles. The Bertz CT molecular complexity index is 114. The van der Waals surface area contributed by atoms with Gasteiger partial charge in [-0.05, 0) is 12.8 Å². The molecule has 0 aromatic rings. The third-order valence-corrected chi connectivity index (χ3v) is 2.28. The summed E-state index contributed by atoms with van der Waals surface area (Å²) in [5.74, 6) is 0.718. The second-order valence-electron chi connectivity index (χ2n) is 3.14. The molecule has 0 saturated heterocycles. The Morgan fingerprint density at radius 3 is 2.64 bits per heavy atom. The zero-order chi connectivity index (χ0) is 10.6. The number of ether oxygens (including phenoxy) is 2. The van der Waals surface area contributed by atoms with Crippen molar-refractivity contribution in [2.24, 2.45) is 0 Å². The van der Waals surface area contributed by atoms with Crippen LogP contribution >= 0.6 is 11.6 Å². The van der Waals surface area contributed by atoms with E-state index in [4.69, 9.17) is 21.1 Å². The molecule has 86 valence electrons. The first-order chi connectivity index (χ1) is 6.85. The zero-order valence-electron chi connectivity index (χ0n) is 9.22. The van der Waals surface area contributed by atoms with Crippen LogP contribution in [-0.4, -0.2) is 45.4 Å². The molecule has 1 N–H and O–H groups in total. The van der Waals surface area contributed by atoms with Crippen molar-refractivity contribution in [2.45, 2.75) is 25.8 Å². The van der Waals surface area contributed by atoms with Crippen molar-refractivity contribution < 1.29 is 9.47 Å². The van der Waals surface area contributed by atoms with Crippen molar-refractivity contribution in [1.82, 2.24) is 5.32 Å². The molecule has 14 heavy (non-hydrogen) atoms. The summed E-state index contributed by atoms with van der Waals surface area (Å²) < 4.78 is 10.2. The third-order valence-electron chi connectivity index (χ3n) is 2.06. The number of methoxy groups -OCH3 is 1. The molecule has 0 fully saturated rings. The first-order valence-corrected chi connectivity index (χ1v) is 5.74. The van der Waals surface area contributed by atoms with Crippen LogP contribution < -0.4 is 5.32 Å². The van der Waals surface area contributed by atoms with Crippen molar-refractivity contribution in [3.63, 3.8) is 0 Å². The molecular weight excluding hydrogens is 202 g/mol. The van der Waals surface area contributed by atoms with E-state index >= 15 is 0 Å². The van der Waals surface area contributed by atoms with E-state index in [9.17, 15) is 0 Å². The van der Waals surface area contributed by atoms with E-state index in [1.165, 1.54) is 0 Å². The molecule has 1 atom stereocenters. The predicted molar refractivity (Wildman–Crippen MR) is 60.1 cm³/mol. The van der Waals surface area contributed by atoms with Gasteiger partial charge in [-0.1, -0.05) is 6.92 Å². The Labute approximate surface area is 92.1 Å². The first-order valence-electron chi connectivity index (χ1n) is 5.21. The van der Waals surface area contributed by atoms with Crippen LogP contribution in [0.3, 0.4) is 0 Å². The minimum Gasteiger partial charge on any atom is -0.382 e.